The van der Waals surface area contributed by atoms with Crippen LogP contribution in [0.2, 0.25) is 0 Å². The average Bonchev–Trinajstić information content (AvgIpc) is 3.74. The lowest BCUT2D eigenvalue weighted by molar-refractivity contribution is -0.119. The van der Waals surface area contributed by atoms with E-state index in [0.717, 1.165) is 16.0 Å². The normalized spacial score (nSPS) is 18.6. The summed E-state index contributed by atoms with van der Waals surface area (Å²) in [4.78, 5) is 62.3. The monoisotopic (exact) mass is 764 g/mol. The van der Waals surface area contributed by atoms with Crippen LogP contribution in [0.3, 0.4) is 0 Å². The van der Waals surface area contributed by atoms with Gasteiger partial charge in [-0.3, -0.25) is 50.8 Å². The molecule has 3 aromatic rings. The summed E-state index contributed by atoms with van der Waals surface area (Å²) in [5, 5.41) is 12.2. The zero-order valence-corrected chi connectivity index (χ0v) is 31.1. The van der Waals surface area contributed by atoms with Gasteiger partial charge in [0, 0.05) is 54.7 Å². The number of hydrazone groups is 2. The molecule has 2 aromatic heterocycles. The van der Waals surface area contributed by atoms with Crippen molar-refractivity contribution in [2.75, 3.05) is 0 Å². The van der Waals surface area contributed by atoms with Gasteiger partial charge < -0.3 is 5.32 Å². The van der Waals surface area contributed by atoms with Crippen molar-refractivity contribution >= 4 is 75.4 Å². The van der Waals surface area contributed by atoms with Crippen LogP contribution in [-0.4, -0.2) is 55.7 Å². The van der Waals surface area contributed by atoms with E-state index in [1.807, 2.05) is 55.5 Å². The first-order valence-electron chi connectivity index (χ1n) is 16.3. The number of amides is 4. The van der Waals surface area contributed by atoms with Gasteiger partial charge >= 0.3 is 0 Å². The number of aliphatic imine (C=N–C) groups is 1. The van der Waals surface area contributed by atoms with E-state index in [0.29, 0.717) is 43.5 Å². The zero-order valence-electron chi connectivity index (χ0n) is 29.5. The second kappa shape index (κ2) is 18.8. The molecule has 276 valence electrons. The molecule has 7 N–H and O–H groups in total. The Balaban J connectivity index is 1.35. The highest BCUT2D eigenvalue weighted by atomic mass is 32.2. The molecule has 54 heavy (non-hydrogen) atoms. The molecule has 4 amide bonds. The van der Waals surface area contributed by atoms with Crippen LogP contribution in [0.15, 0.2) is 122 Å². The molecule has 2 aliphatic rings. The fourth-order valence-electron chi connectivity index (χ4n) is 4.59. The van der Waals surface area contributed by atoms with E-state index >= 15 is 0 Å². The molecule has 0 spiro atoms. The number of carbonyl (C=O) groups excluding carboxylic acids is 4. The van der Waals surface area contributed by atoms with Crippen LogP contribution >= 0.6 is 23.5 Å². The van der Waals surface area contributed by atoms with Gasteiger partial charge in [-0.2, -0.15) is 0 Å². The highest BCUT2D eigenvalue weighted by Crippen LogP contribution is 2.31. The smallest absolute Gasteiger partial charge is 0.269 e. The Morgan fingerprint density at radius 3 is 1.74 bits per heavy atom. The van der Waals surface area contributed by atoms with Crippen molar-refractivity contribution in [3.05, 3.63) is 129 Å². The summed E-state index contributed by atoms with van der Waals surface area (Å²) in [6.07, 6.45) is 13.6. The maximum Gasteiger partial charge on any atom is 0.269 e. The number of allylic oxidation sites excluding steroid dienone is 3. The molecule has 0 radical (unpaired) electrons. The standard InChI is InChI=1S/C36H36N12O4S2/c1-21-31(53-35(39-21)47-41-23(3)49)29(43-45-33(51)27-13-17-37-18-14-27)11-9-25-5-7-26(8-6-25)10-12-30(44-46-34(52)28-15-19-38-20-16-28)32-22(2)40-36(54-32)48-42-24(4)50/h5-21,43-44H,1-4H3,(H,39,47)(H,41,49)(H,42,50)(H,45,51)(H,46,52)/b11-9+,12-10+,31-29-,32-30-,48-36-. The number of nitrogens with one attached hydrogen (secondary N) is 7. The van der Waals surface area contributed by atoms with Crippen molar-refractivity contribution < 1.29 is 19.2 Å². The molecule has 18 heteroatoms. The molecule has 16 nitrogen and oxygen atoms in total. The molecule has 1 fully saturated rings. The van der Waals surface area contributed by atoms with E-state index in [9.17, 15) is 19.2 Å². The minimum atomic E-state index is -0.358. The van der Waals surface area contributed by atoms with E-state index in [2.05, 4.69) is 63.0 Å². The number of carbonyl (C=O) groups is 4. The first kappa shape index (κ1) is 38.7. The summed E-state index contributed by atoms with van der Waals surface area (Å²) < 4.78 is 0. The molecule has 1 unspecified atom stereocenters. The largest absolute Gasteiger partial charge is 0.356 e. The number of pyridine rings is 2. The quantitative estimate of drug-likeness (QED) is 0.133. The van der Waals surface area contributed by atoms with Crippen molar-refractivity contribution in [3.63, 3.8) is 0 Å². The number of thioether (sulfide) groups is 2. The van der Waals surface area contributed by atoms with E-state index in [-0.39, 0.29) is 29.7 Å². The Bertz CT molecular complexity index is 2110. The molecule has 0 bridgehead atoms. The maximum absolute atomic E-state index is 12.8. The second-order valence-electron chi connectivity index (χ2n) is 11.4. The third kappa shape index (κ3) is 11.2. The lowest BCUT2D eigenvalue weighted by Crippen LogP contribution is -2.37. The van der Waals surface area contributed by atoms with Crippen molar-refractivity contribution in [2.24, 2.45) is 15.2 Å². The maximum atomic E-state index is 12.8. The van der Waals surface area contributed by atoms with Crippen molar-refractivity contribution in [1.29, 1.82) is 0 Å². The van der Waals surface area contributed by atoms with E-state index in [4.69, 9.17) is 0 Å². The summed E-state index contributed by atoms with van der Waals surface area (Å²) in [5.41, 5.74) is 20.7. The minimum Gasteiger partial charge on any atom is -0.356 e. The lowest BCUT2D eigenvalue weighted by Gasteiger charge is -2.14. The zero-order chi connectivity index (χ0) is 38.5. The molecule has 2 aliphatic heterocycles. The summed E-state index contributed by atoms with van der Waals surface area (Å²) in [6.45, 7) is 6.48. The number of amidine groups is 2. The van der Waals surface area contributed by atoms with Gasteiger partial charge in [-0.25, -0.2) is 15.8 Å². The molecular formula is C36H36N12O4S2. The van der Waals surface area contributed by atoms with Gasteiger partial charge in [0.05, 0.1) is 28.1 Å². The van der Waals surface area contributed by atoms with Gasteiger partial charge in [0.25, 0.3) is 11.8 Å². The van der Waals surface area contributed by atoms with Crippen LogP contribution in [-0.2, 0) is 9.59 Å². The topological polar surface area (TPSA) is 215 Å². The first-order chi connectivity index (χ1) is 26.0. The predicted molar refractivity (Wildman–Crippen MR) is 212 cm³/mol. The fraction of sp³-hybridized carbons (Fsp3) is 0.139. The second-order valence-corrected chi connectivity index (χ2v) is 13.4. The summed E-state index contributed by atoms with van der Waals surface area (Å²) >= 11 is 2.56. The highest BCUT2D eigenvalue weighted by Gasteiger charge is 2.26. The summed E-state index contributed by atoms with van der Waals surface area (Å²) in [5.74, 6) is -1.32. The molecule has 1 saturated heterocycles. The number of hydrogen-bond donors (Lipinski definition) is 7. The van der Waals surface area contributed by atoms with E-state index in [1.54, 1.807) is 31.2 Å². The number of benzene rings is 1. The number of aromatic nitrogens is 2. The minimum absolute atomic E-state index is 0.175. The molecule has 1 atom stereocenters. The Morgan fingerprint density at radius 2 is 1.20 bits per heavy atom. The number of nitrogens with zero attached hydrogens (tertiary/aromatic N) is 5. The van der Waals surface area contributed by atoms with Crippen molar-refractivity contribution in [1.82, 2.24) is 47.8 Å². The van der Waals surface area contributed by atoms with Gasteiger partial charge in [-0.05, 0) is 73.2 Å². The third-order valence-corrected chi connectivity index (χ3v) is 9.47. The Labute approximate surface area is 319 Å². The Kier molecular flexibility index (Phi) is 13.5. The van der Waals surface area contributed by atoms with Crippen LogP contribution in [0.25, 0.3) is 12.2 Å². The van der Waals surface area contributed by atoms with Crippen LogP contribution in [0.5, 0.6) is 0 Å². The summed E-state index contributed by atoms with van der Waals surface area (Å²) in [6, 6.07) is 14.0. The number of rotatable bonds is 12. The molecule has 0 saturated carbocycles. The van der Waals surface area contributed by atoms with Crippen LogP contribution in [0, 0.1) is 0 Å². The molecule has 4 heterocycles. The first-order valence-corrected chi connectivity index (χ1v) is 17.9. The molecule has 0 aliphatic carbocycles. The van der Waals surface area contributed by atoms with E-state index < -0.39 is 0 Å². The lowest BCUT2D eigenvalue weighted by atomic mass is 10.1. The molecule has 5 rings (SSSR count). The predicted octanol–water partition coefficient (Wildman–Crippen LogP) is 3.54. The fourth-order valence-corrected chi connectivity index (χ4v) is 6.47. The highest BCUT2D eigenvalue weighted by molar-refractivity contribution is 8.18. The Hall–Kier alpha value is -6.53. The van der Waals surface area contributed by atoms with Gasteiger partial charge in [0.15, 0.2) is 5.17 Å². The number of hydrazine groups is 2. The molecular weight excluding hydrogens is 729 g/mol. The van der Waals surface area contributed by atoms with Crippen LogP contribution in [0.1, 0.15) is 59.5 Å². The SMILES string of the molecule is CC(=O)N/N=C1N=C(C)/C(=C(\C=C\c2ccc(/C=C/C(NNC(=O)c3ccncc3)=C3/S/C(=N\NC(C)=O)NC3C)cc2)NNC(=O)c2ccncc2)S/1. The van der Waals surface area contributed by atoms with Crippen molar-refractivity contribution in [3.8, 4) is 0 Å². The summed E-state index contributed by atoms with van der Waals surface area (Å²) in [7, 11) is 0. The average molecular weight is 765 g/mol. The van der Waals surface area contributed by atoms with Crippen molar-refractivity contribution in [2.45, 2.75) is 33.7 Å². The van der Waals surface area contributed by atoms with Crippen LogP contribution < -0.4 is 37.9 Å². The third-order valence-electron chi connectivity index (χ3n) is 7.19. The van der Waals surface area contributed by atoms with Gasteiger partial charge in [-0.15, -0.1) is 10.2 Å². The molecule has 1 aromatic carbocycles. The van der Waals surface area contributed by atoms with Gasteiger partial charge in [0.1, 0.15) is 0 Å². The van der Waals surface area contributed by atoms with Crippen LogP contribution in [0.4, 0.5) is 0 Å². The van der Waals surface area contributed by atoms with Gasteiger partial charge in [0.2, 0.25) is 17.0 Å². The Morgan fingerprint density at radius 1 is 0.704 bits per heavy atom. The number of hydrogen-bond acceptors (Lipinski definition) is 12. The van der Waals surface area contributed by atoms with E-state index in [1.165, 1.54) is 62.2 Å². The van der Waals surface area contributed by atoms with Gasteiger partial charge in [-0.1, -0.05) is 48.2 Å².